The molecule has 0 aromatic rings. The van der Waals surface area contributed by atoms with Crippen molar-refractivity contribution in [2.45, 2.75) is 97.8 Å². The van der Waals surface area contributed by atoms with Crippen molar-refractivity contribution in [3.8, 4) is 0 Å². The molecular formula is C32H50N7O8+. The molecule has 260 valence electrons. The number of Topliss-reactive ketones (excluding diaryl/α,β-unsaturated/α-hetero) is 1. The van der Waals surface area contributed by atoms with Crippen LogP contribution in [0.15, 0.2) is 12.7 Å². The highest BCUT2D eigenvalue weighted by molar-refractivity contribution is 6.37. The van der Waals surface area contributed by atoms with Crippen LogP contribution in [0.1, 0.15) is 73.6 Å². The van der Waals surface area contributed by atoms with E-state index in [-0.39, 0.29) is 19.0 Å². The van der Waals surface area contributed by atoms with Gasteiger partial charge in [0.15, 0.2) is 0 Å². The van der Waals surface area contributed by atoms with E-state index in [2.05, 4.69) is 22.5 Å². The second kappa shape index (κ2) is 14.6. The van der Waals surface area contributed by atoms with Crippen LogP contribution in [0.3, 0.4) is 0 Å². The number of amides is 7. The van der Waals surface area contributed by atoms with Gasteiger partial charge in [-0.1, -0.05) is 60.5 Å². The van der Waals surface area contributed by atoms with E-state index in [0.29, 0.717) is 19.3 Å². The Balaban J connectivity index is 1.76. The summed E-state index contributed by atoms with van der Waals surface area (Å²) in [7, 11) is 0. The molecule has 0 aromatic heterocycles. The smallest absolute Gasteiger partial charge is 0.315 e. The lowest BCUT2D eigenvalue weighted by Crippen LogP contribution is -2.66. The van der Waals surface area contributed by atoms with Crippen molar-refractivity contribution >= 4 is 47.6 Å². The quantitative estimate of drug-likeness (QED) is 0.0350. The highest BCUT2D eigenvalue weighted by Gasteiger charge is 2.49. The molecule has 6 atom stereocenters. The molecule has 1 saturated carbocycles. The summed E-state index contributed by atoms with van der Waals surface area (Å²) in [5.41, 5.74) is 3.78. The van der Waals surface area contributed by atoms with E-state index in [1.165, 1.54) is 11.0 Å². The number of primary amides is 1. The average molecular weight is 661 g/mol. The fourth-order valence-corrected chi connectivity index (χ4v) is 5.98. The Morgan fingerprint density at radius 3 is 2.11 bits per heavy atom. The molecule has 3 aliphatic rings. The molecule has 7 N–H and O–H groups in total. The van der Waals surface area contributed by atoms with Gasteiger partial charge in [0.25, 0.3) is 5.91 Å². The molecule has 1 aliphatic carbocycles. The van der Waals surface area contributed by atoms with E-state index >= 15 is 0 Å². The standard InChI is InChI=1S/C32H49N7O8/c1-8-18-19(15-34-47)28(44)39(27(18)43)16-22(31(2,3)4)36-30(46)37-24(32(5,6)7)29(45)38-13-9-10-21(38)26(42)35-20(14-17-11-12-17)23(40)25(33)41/h8,15,17-22,24,47H,1,9-14,16H2,2-7H3,(H2,33,41)(H,35,42)(H2,36,37,46)/p+1/b34-15+/t18?,19?,20?,21-,22+,24+/m0/s1. The van der Waals surface area contributed by atoms with Crippen LogP contribution >= 0.6 is 0 Å². The van der Waals surface area contributed by atoms with Gasteiger partial charge in [-0.2, -0.15) is 0 Å². The third-order valence-corrected chi connectivity index (χ3v) is 9.08. The lowest BCUT2D eigenvalue weighted by Gasteiger charge is -2.37. The van der Waals surface area contributed by atoms with Gasteiger partial charge in [0.1, 0.15) is 18.0 Å². The zero-order valence-electron chi connectivity index (χ0n) is 28.1. The second-order valence-electron chi connectivity index (χ2n) is 14.9. The van der Waals surface area contributed by atoms with E-state index in [0.717, 1.165) is 24.0 Å². The number of nitrogens with two attached hydrogens (primary N) is 1. The molecule has 0 bridgehead atoms. The number of carbonyl (C=O) groups excluding carboxylic acids is 7. The van der Waals surface area contributed by atoms with Gasteiger partial charge in [0.05, 0.1) is 18.0 Å². The molecule has 0 spiro atoms. The SMILES string of the molecule is C=CC1C(=O)N(C[C@@H](NC(=O)N[C@H](C(=O)N2CCC[C@H]2C(=O)NC(CC2CC2)C(=O)C(N)=O)C(C)(C)C)C(C)(C)C)C(=O)C1/C=[NH+]/O. The van der Waals surface area contributed by atoms with Crippen LogP contribution in [0, 0.1) is 28.6 Å². The van der Waals surface area contributed by atoms with Crippen molar-refractivity contribution in [3.05, 3.63) is 12.7 Å². The third-order valence-electron chi connectivity index (χ3n) is 9.08. The molecule has 7 amide bonds. The summed E-state index contributed by atoms with van der Waals surface area (Å²) in [5.74, 6) is -5.78. The molecule has 3 fully saturated rings. The predicted octanol–water partition coefficient (Wildman–Crippen LogP) is -1.23. The molecule has 47 heavy (non-hydrogen) atoms. The van der Waals surface area contributed by atoms with Crippen molar-refractivity contribution in [1.29, 1.82) is 0 Å². The van der Waals surface area contributed by atoms with Gasteiger partial charge in [-0.05, 0) is 41.2 Å². The number of hydrogen-bond donors (Lipinski definition) is 6. The fraction of sp³-hybridized carbons (Fsp3) is 0.688. The number of carbonyl (C=O) groups is 7. The average Bonchev–Trinajstić information content (AvgIpc) is 3.59. The number of nitrogens with zero attached hydrogens (tertiary/aromatic N) is 2. The minimum absolute atomic E-state index is 0.163. The van der Waals surface area contributed by atoms with Gasteiger partial charge >= 0.3 is 6.03 Å². The van der Waals surface area contributed by atoms with Gasteiger partial charge in [0.2, 0.25) is 35.6 Å². The summed E-state index contributed by atoms with van der Waals surface area (Å²) in [6.07, 6.45) is 5.38. The highest BCUT2D eigenvalue weighted by atomic mass is 16.4. The zero-order valence-corrected chi connectivity index (χ0v) is 28.1. The Labute approximate surface area is 275 Å². The lowest BCUT2D eigenvalue weighted by molar-refractivity contribution is -0.735. The van der Waals surface area contributed by atoms with Crippen molar-refractivity contribution in [2.75, 3.05) is 13.1 Å². The van der Waals surface area contributed by atoms with Gasteiger partial charge < -0.3 is 26.6 Å². The maximum absolute atomic E-state index is 14.0. The van der Waals surface area contributed by atoms with Gasteiger partial charge in [-0.25, -0.2) is 4.79 Å². The van der Waals surface area contributed by atoms with Crippen molar-refractivity contribution in [1.82, 2.24) is 25.8 Å². The summed E-state index contributed by atoms with van der Waals surface area (Å²) in [6, 6.07) is -4.51. The number of hydrogen-bond acceptors (Lipinski definition) is 8. The minimum atomic E-state index is -1.13. The Hall–Kier alpha value is -4.30. The van der Waals surface area contributed by atoms with E-state index < -0.39 is 88.2 Å². The largest absolute Gasteiger partial charge is 0.363 e. The Kier molecular flexibility index (Phi) is 11.6. The van der Waals surface area contributed by atoms with E-state index in [1.54, 1.807) is 20.8 Å². The van der Waals surface area contributed by atoms with E-state index in [9.17, 15) is 33.6 Å². The van der Waals surface area contributed by atoms with Crippen LogP contribution in [0.4, 0.5) is 4.79 Å². The Morgan fingerprint density at radius 1 is 0.979 bits per heavy atom. The van der Waals surface area contributed by atoms with Crippen LogP contribution < -0.4 is 26.8 Å². The summed E-state index contributed by atoms with van der Waals surface area (Å²) in [4.78, 5) is 93.5. The van der Waals surface area contributed by atoms with Gasteiger partial charge in [-0.15, -0.1) is 6.58 Å². The van der Waals surface area contributed by atoms with Crippen molar-refractivity contribution < 1.29 is 43.9 Å². The van der Waals surface area contributed by atoms with Crippen molar-refractivity contribution in [2.24, 2.45) is 34.3 Å². The molecule has 3 rings (SSSR count). The number of rotatable bonds is 13. The summed E-state index contributed by atoms with van der Waals surface area (Å²) in [6.45, 7) is 14.5. The summed E-state index contributed by atoms with van der Waals surface area (Å²) < 4.78 is 0. The van der Waals surface area contributed by atoms with E-state index in [4.69, 9.17) is 10.9 Å². The first-order valence-corrected chi connectivity index (χ1v) is 16.0. The molecule has 15 nitrogen and oxygen atoms in total. The third kappa shape index (κ3) is 8.95. The number of imide groups is 1. The van der Waals surface area contributed by atoms with Crippen LogP contribution in [-0.2, 0) is 28.8 Å². The molecule has 0 aromatic carbocycles. The summed E-state index contributed by atoms with van der Waals surface area (Å²) >= 11 is 0. The van der Waals surface area contributed by atoms with Crippen molar-refractivity contribution in [3.63, 3.8) is 0 Å². The molecule has 2 saturated heterocycles. The predicted molar refractivity (Wildman–Crippen MR) is 169 cm³/mol. The first-order chi connectivity index (χ1) is 21.8. The van der Waals surface area contributed by atoms with Crippen LogP contribution in [0.25, 0.3) is 0 Å². The number of nitrogens with one attached hydrogen (secondary N) is 4. The maximum Gasteiger partial charge on any atom is 0.315 e. The number of likely N-dealkylation sites (tertiary alicyclic amines) is 2. The second-order valence-corrected chi connectivity index (χ2v) is 14.9. The molecular weight excluding hydrogens is 610 g/mol. The molecule has 0 radical (unpaired) electrons. The minimum Gasteiger partial charge on any atom is -0.363 e. The van der Waals surface area contributed by atoms with Gasteiger partial charge in [0, 0.05) is 13.1 Å². The molecule has 2 aliphatic heterocycles. The Bertz CT molecular complexity index is 1310. The first-order valence-electron chi connectivity index (χ1n) is 16.0. The number of urea groups is 1. The highest BCUT2D eigenvalue weighted by Crippen LogP contribution is 2.34. The first kappa shape index (κ1) is 37.2. The zero-order chi connectivity index (χ0) is 35.4. The molecule has 15 heteroatoms. The fourth-order valence-electron chi connectivity index (χ4n) is 5.98. The topological polar surface area (TPSA) is 222 Å². The van der Waals surface area contributed by atoms with Crippen LogP contribution in [0.5, 0.6) is 0 Å². The maximum atomic E-state index is 14.0. The monoisotopic (exact) mass is 660 g/mol. The number of ketones is 1. The lowest BCUT2D eigenvalue weighted by atomic mass is 9.85. The van der Waals surface area contributed by atoms with Gasteiger partial charge in [-0.3, -0.25) is 38.9 Å². The van der Waals surface area contributed by atoms with Crippen LogP contribution in [-0.4, -0.2) is 99.8 Å². The Morgan fingerprint density at radius 2 is 1.60 bits per heavy atom. The molecule has 3 unspecified atom stereocenters. The van der Waals surface area contributed by atoms with Crippen LogP contribution in [0.2, 0.25) is 0 Å². The molecule has 2 heterocycles. The normalized spacial score (nSPS) is 23.7. The summed E-state index contributed by atoms with van der Waals surface area (Å²) in [5, 5.41) is 19.2. The van der Waals surface area contributed by atoms with E-state index in [1.807, 2.05) is 25.9 Å².